The van der Waals surface area contributed by atoms with Crippen molar-refractivity contribution in [2.45, 2.75) is 45.4 Å². The summed E-state index contributed by atoms with van der Waals surface area (Å²) < 4.78 is 0. The molecule has 14 heavy (non-hydrogen) atoms. The van der Waals surface area contributed by atoms with Crippen LogP contribution in [0.2, 0.25) is 0 Å². The highest BCUT2D eigenvalue weighted by atomic mass is 24.3. The molecule has 0 fully saturated rings. The van der Waals surface area contributed by atoms with E-state index in [1.165, 1.54) is 44.1 Å². The van der Waals surface area contributed by atoms with Crippen molar-refractivity contribution in [2.75, 3.05) is 0 Å². The molecule has 1 heteroatoms. The molecule has 1 radical (unpaired) electrons. The predicted molar refractivity (Wildman–Crippen MR) is 66.3 cm³/mol. The second-order valence-electron chi connectivity index (χ2n) is 3.58. The molecule has 0 aliphatic rings. The summed E-state index contributed by atoms with van der Waals surface area (Å²) in [5, 5.41) is 0. The first-order valence-corrected chi connectivity index (χ1v) is 5.38. The van der Waals surface area contributed by atoms with E-state index in [1.54, 1.807) is 0 Å². The van der Waals surface area contributed by atoms with Crippen LogP contribution in [0, 0.1) is 6.07 Å². The molecule has 1 aromatic rings. The van der Waals surface area contributed by atoms with Gasteiger partial charge in [0.1, 0.15) is 0 Å². The number of hydrogen-bond donors (Lipinski definition) is 0. The number of unbranched alkanes of at least 4 members (excludes halogenated alkanes) is 4. The van der Waals surface area contributed by atoms with Crippen molar-refractivity contribution >= 4 is 23.1 Å². The monoisotopic (exact) mass is 201 g/mol. The van der Waals surface area contributed by atoms with Crippen LogP contribution in [0.5, 0.6) is 0 Å². The first-order chi connectivity index (χ1) is 6.43. The molecule has 0 amide bonds. The Morgan fingerprint density at radius 1 is 1.14 bits per heavy atom. The van der Waals surface area contributed by atoms with Crippen LogP contribution in [0.3, 0.4) is 0 Å². The zero-order chi connectivity index (χ0) is 9.36. The van der Waals surface area contributed by atoms with Gasteiger partial charge < -0.3 is 0 Å². The van der Waals surface area contributed by atoms with E-state index in [9.17, 15) is 0 Å². The third-order valence-electron chi connectivity index (χ3n) is 2.34. The molecule has 0 atom stereocenters. The van der Waals surface area contributed by atoms with E-state index in [-0.39, 0.29) is 23.1 Å². The van der Waals surface area contributed by atoms with Gasteiger partial charge in [-0.05, 0) is 24.5 Å². The van der Waals surface area contributed by atoms with Crippen LogP contribution >= 0.6 is 0 Å². The van der Waals surface area contributed by atoms with Crippen LogP contribution in [0.25, 0.3) is 0 Å². The van der Waals surface area contributed by atoms with Gasteiger partial charge in [-0.25, -0.2) is 0 Å². The van der Waals surface area contributed by atoms with Crippen molar-refractivity contribution in [1.82, 2.24) is 0 Å². The standard InChI is InChI=1S/C13H19.Mg.2H/c1-2-3-4-5-7-10-13-11-8-6-9-12-13;;;/h6,8,11-12H,2-5,7,10H2,1H3;;;. The van der Waals surface area contributed by atoms with Crippen molar-refractivity contribution in [1.29, 1.82) is 0 Å². The molecule has 0 N–H and O–H groups in total. The van der Waals surface area contributed by atoms with E-state index in [0.717, 1.165) is 0 Å². The maximum absolute atomic E-state index is 3.11. The molecule has 0 spiro atoms. The van der Waals surface area contributed by atoms with E-state index < -0.39 is 0 Å². The molecule has 0 unspecified atom stereocenters. The average Bonchev–Trinajstić information content (AvgIpc) is 2.19. The molecule has 0 aromatic heterocycles. The highest BCUT2D eigenvalue weighted by Crippen LogP contribution is 2.07. The summed E-state index contributed by atoms with van der Waals surface area (Å²) in [7, 11) is 0. The number of aryl methyl sites for hydroxylation is 1. The maximum atomic E-state index is 3.11. The minimum Gasteiger partial charge on any atom is -0.0654 e. The SMILES string of the molecule is CCCCCCCc1c[c]ccc1.[MgH2]. The van der Waals surface area contributed by atoms with Crippen LogP contribution in [-0.2, 0) is 6.42 Å². The van der Waals surface area contributed by atoms with Gasteiger partial charge in [-0.1, -0.05) is 56.9 Å². The van der Waals surface area contributed by atoms with Gasteiger partial charge in [-0.3, -0.25) is 0 Å². The van der Waals surface area contributed by atoms with Gasteiger partial charge in [0.15, 0.2) is 0 Å². The molecule has 1 rings (SSSR count). The fraction of sp³-hybridized carbons (Fsp3) is 0.538. The molecular formula is C13H21Mg. The van der Waals surface area contributed by atoms with Gasteiger partial charge in [0.2, 0.25) is 0 Å². The minimum atomic E-state index is 0. The quantitative estimate of drug-likeness (QED) is 0.490. The van der Waals surface area contributed by atoms with Crippen molar-refractivity contribution < 1.29 is 0 Å². The van der Waals surface area contributed by atoms with Gasteiger partial charge in [-0.15, -0.1) is 0 Å². The molecule has 0 saturated heterocycles. The lowest BCUT2D eigenvalue weighted by molar-refractivity contribution is 0.632. The number of rotatable bonds is 6. The normalized spacial score (nSPS) is 9.50. The summed E-state index contributed by atoms with van der Waals surface area (Å²) in [4.78, 5) is 0. The fourth-order valence-corrected chi connectivity index (χ4v) is 1.52. The molecule has 0 heterocycles. The van der Waals surface area contributed by atoms with Crippen molar-refractivity contribution in [3.63, 3.8) is 0 Å². The Balaban J connectivity index is 0.00000169. The molecule has 75 valence electrons. The summed E-state index contributed by atoms with van der Waals surface area (Å²) >= 11 is 0. The third kappa shape index (κ3) is 6.44. The van der Waals surface area contributed by atoms with Crippen LogP contribution in [-0.4, -0.2) is 23.1 Å². The molecule has 0 aliphatic carbocycles. The highest BCUT2D eigenvalue weighted by molar-refractivity contribution is 5.75. The predicted octanol–water partition coefficient (Wildman–Crippen LogP) is 3.08. The molecule has 0 aliphatic heterocycles. The average molecular weight is 202 g/mol. The highest BCUT2D eigenvalue weighted by Gasteiger charge is 1.91. The Kier molecular flexibility index (Phi) is 9.53. The van der Waals surface area contributed by atoms with E-state index in [0.29, 0.717) is 0 Å². The Hall–Kier alpha value is -0.0138. The van der Waals surface area contributed by atoms with E-state index in [4.69, 9.17) is 0 Å². The van der Waals surface area contributed by atoms with Crippen LogP contribution in [0.4, 0.5) is 0 Å². The largest absolute Gasteiger partial charge is 0.316 e. The molecule has 0 saturated carbocycles. The number of hydrogen-bond acceptors (Lipinski definition) is 0. The van der Waals surface area contributed by atoms with Gasteiger partial charge in [-0.2, -0.15) is 0 Å². The van der Waals surface area contributed by atoms with Gasteiger partial charge in [0.25, 0.3) is 0 Å². The van der Waals surface area contributed by atoms with E-state index in [1.807, 2.05) is 6.07 Å². The van der Waals surface area contributed by atoms with Crippen LogP contribution in [0.15, 0.2) is 24.3 Å². The van der Waals surface area contributed by atoms with Gasteiger partial charge in [0.05, 0.1) is 0 Å². The maximum Gasteiger partial charge on any atom is 0.316 e. The van der Waals surface area contributed by atoms with Gasteiger partial charge in [0, 0.05) is 0 Å². The van der Waals surface area contributed by atoms with Crippen molar-refractivity contribution in [2.24, 2.45) is 0 Å². The summed E-state index contributed by atoms with van der Waals surface area (Å²) in [6.45, 7) is 2.26. The Morgan fingerprint density at radius 3 is 2.57 bits per heavy atom. The zero-order valence-electron chi connectivity index (χ0n) is 8.55. The first kappa shape index (κ1) is 14.0. The molecule has 1 aromatic carbocycles. The topological polar surface area (TPSA) is 0 Å². The minimum absolute atomic E-state index is 0. The molecule has 0 nitrogen and oxygen atoms in total. The molecular weight excluding hydrogens is 180 g/mol. The van der Waals surface area contributed by atoms with Crippen molar-refractivity contribution in [3.05, 3.63) is 35.9 Å². The summed E-state index contributed by atoms with van der Waals surface area (Å²) in [5.41, 5.74) is 1.43. The van der Waals surface area contributed by atoms with E-state index in [2.05, 4.69) is 31.2 Å². The van der Waals surface area contributed by atoms with Crippen LogP contribution in [0.1, 0.15) is 44.6 Å². The lowest BCUT2D eigenvalue weighted by Crippen LogP contribution is -1.85. The molecule has 0 bridgehead atoms. The second kappa shape index (κ2) is 9.54. The Labute approximate surface area is 104 Å². The lowest BCUT2D eigenvalue weighted by Gasteiger charge is -2.00. The smallest absolute Gasteiger partial charge is 0.0654 e. The van der Waals surface area contributed by atoms with Crippen molar-refractivity contribution in [3.8, 4) is 0 Å². The zero-order valence-corrected chi connectivity index (χ0v) is 8.55. The second-order valence-corrected chi connectivity index (χ2v) is 3.58. The third-order valence-corrected chi connectivity index (χ3v) is 2.34. The Bertz CT molecular complexity index is 206. The summed E-state index contributed by atoms with van der Waals surface area (Å²) in [6, 6.07) is 11.4. The van der Waals surface area contributed by atoms with Crippen LogP contribution < -0.4 is 0 Å². The first-order valence-electron chi connectivity index (χ1n) is 5.38. The summed E-state index contributed by atoms with van der Waals surface area (Å²) in [5.74, 6) is 0. The lowest BCUT2D eigenvalue weighted by atomic mass is 10.1. The Morgan fingerprint density at radius 2 is 1.93 bits per heavy atom. The summed E-state index contributed by atoms with van der Waals surface area (Å²) in [6.07, 6.45) is 8.05. The van der Waals surface area contributed by atoms with E-state index >= 15 is 0 Å². The van der Waals surface area contributed by atoms with Gasteiger partial charge >= 0.3 is 23.1 Å². The fourth-order valence-electron chi connectivity index (χ4n) is 1.52. The number of benzene rings is 1.